The van der Waals surface area contributed by atoms with E-state index in [9.17, 15) is 13.9 Å². The Morgan fingerprint density at radius 3 is 1.97 bits per heavy atom. The predicted octanol–water partition coefficient (Wildman–Crippen LogP) is 5.50. The van der Waals surface area contributed by atoms with Gasteiger partial charge in [0.2, 0.25) is 0 Å². The van der Waals surface area contributed by atoms with Crippen molar-refractivity contribution in [1.29, 1.82) is 0 Å². The van der Waals surface area contributed by atoms with Crippen LogP contribution >= 0.6 is 0 Å². The molecule has 1 aliphatic heterocycles. The van der Waals surface area contributed by atoms with Crippen molar-refractivity contribution in [2.45, 2.75) is 31.4 Å². The van der Waals surface area contributed by atoms with Gasteiger partial charge in [-0.1, -0.05) is 54.6 Å². The van der Waals surface area contributed by atoms with Gasteiger partial charge in [0.05, 0.1) is 0 Å². The summed E-state index contributed by atoms with van der Waals surface area (Å²) in [5.74, 6) is -0.401. The highest BCUT2D eigenvalue weighted by Crippen LogP contribution is 2.38. The van der Waals surface area contributed by atoms with Crippen LogP contribution in [0.3, 0.4) is 0 Å². The summed E-state index contributed by atoms with van der Waals surface area (Å²) in [7, 11) is 0. The van der Waals surface area contributed by atoms with E-state index in [-0.39, 0.29) is 17.6 Å². The Bertz CT molecular complexity index is 896. The number of benzene rings is 3. The normalized spacial score (nSPS) is 17.8. The van der Waals surface area contributed by atoms with E-state index < -0.39 is 5.60 Å². The Balaban J connectivity index is 1.56. The van der Waals surface area contributed by atoms with Gasteiger partial charge >= 0.3 is 0 Å². The molecule has 1 fully saturated rings. The molecule has 2 nitrogen and oxygen atoms in total. The highest BCUT2D eigenvalue weighted by Gasteiger charge is 2.36. The zero-order valence-corrected chi connectivity index (χ0v) is 17.0. The number of nitrogens with zero attached hydrogens (tertiary/aromatic N) is 1. The van der Waals surface area contributed by atoms with E-state index in [4.69, 9.17) is 0 Å². The Morgan fingerprint density at radius 2 is 1.40 bits per heavy atom. The van der Waals surface area contributed by atoms with Crippen LogP contribution in [-0.4, -0.2) is 23.1 Å². The first-order chi connectivity index (χ1) is 14.5. The third-order valence-electron chi connectivity index (χ3n) is 6.08. The van der Waals surface area contributed by atoms with Gasteiger partial charge in [-0.15, -0.1) is 0 Å². The molecule has 156 valence electrons. The van der Waals surface area contributed by atoms with Crippen LogP contribution in [0.4, 0.5) is 8.78 Å². The minimum Gasteiger partial charge on any atom is -0.380 e. The molecule has 0 aliphatic carbocycles. The second kappa shape index (κ2) is 9.07. The summed E-state index contributed by atoms with van der Waals surface area (Å²) in [6, 6.07) is 22.4. The number of halogens is 2. The van der Waals surface area contributed by atoms with Crippen LogP contribution in [0.1, 0.15) is 36.0 Å². The molecule has 4 rings (SSSR count). The standard InChI is InChI=1S/C26H27F2NO/c27-24-12-8-22(9-13-24)26(30,23-10-14-25(28)15-11-23)17-21-7-4-16-29(19-21)18-20-5-2-1-3-6-20/h1-3,5-6,8-15,21,30H,4,7,16-19H2. The van der Waals surface area contributed by atoms with Crippen molar-refractivity contribution < 1.29 is 13.9 Å². The minimum atomic E-state index is -1.29. The molecule has 1 saturated heterocycles. The van der Waals surface area contributed by atoms with Crippen LogP contribution in [0.15, 0.2) is 78.9 Å². The maximum absolute atomic E-state index is 13.5. The molecule has 0 amide bonds. The number of hydrogen-bond donors (Lipinski definition) is 1. The Labute approximate surface area is 176 Å². The SMILES string of the molecule is OC(CC1CCCN(Cc2ccccc2)C1)(c1ccc(F)cc1)c1ccc(F)cc1. The van der Waals surface area contributed by atoms with Gasteiger partial charge in [-0.05, 0) is 72.7 Å². The fraction of sp³-hybridized carbons (Fsp3) is 0.308. The molecule has 3 aromatic carbocycles. The Kier molecular flexibility index (Phi) is 6.26. The smallest absolute Gasteiger partial charge is 0.123 e. The maximum Gasteiger partial charge on any atom is 0.123 e. The van der Waals surface area contributed by atoms with Crippen LogP contribution in [0.25, 0.3) is 0 Å². The fourth-order valence-corrected chi connectivity index (χ4v) is 4.57. The molecule has 1 aliphatic rings. The highest BCUT2D eigenvalue weighted by molar-refractivity contribution is 5.36. The van der Waals surface area contributed by atoms with Crippen molar-refractivity contribution in [1.82, 2.24) is 4.90 Å². The Hall–Kier alpha value is -2.56. The van der Waals surface area contributed by atoms with Crippen LogP contribution in [0.5, 0.6) is 0 Å². The molecule has 0 radical (unpaired) electrons. The van der Waals surface area contributed by atoms with Crippen LogP contribution in [0, 0.1) is 17.6 Å². The lowest BCUT2D eigenvalue weighted by Crippen LogP contribution is -2.39. The van der Waals surface area contributed by atoms with Gasteiger partial charge in [-0.25, -0.2) is 8.78 Å². The molecule has 1 atom stereocenters. The molecule has 0 aromatic heterocycles. The lowest BCUT2D eigenvalue weighted by atomic mass is 9.77. The van der Waals surface area contributed by atoms with Crippen LogP contribution in [-0.2, 0) is 12.1 Å². The quantitative estimate of drug-likeness (QED) is 0.583. The first-order valence-corrected chi connectivity index (χ1v) is 10.5. The summed E-state index contributed by atoms with van der Waals surface area (Å²) < 4.78 is 27.0. The average Bonchev–Trinajstić information content (AvgIpc) is 2.75. The van der Waals surface area contributed by atoms with Crippen molar-refractivity contribution in [3.05, 3.63) is 107 Å². The second-order valence-corrected chi connectivity index (χ2v) is 8.31. The molecule has 0 saturated carbocycles. The zero-order valence-electron chi connectivity index (χ0n) is 17.0. The largest absolute Gasteiger partial charge is 0.380 e. The third-order valence-corrected chi connectivity index (χ3v) is 6.08. The molecular weight excluding hydrogens is 380 g/mol. The molecule has 1 heterocycles. The minimum absolute atomic E-state index is 0.280. The van der Waals surface area contributed by atoms with Crippen molar-refractivity contribution in [2.24, 2.45) is 5.92 Å². The van der Waals surface area contributed by atoms with E-state index >= 15 is 0 Å². The number of rotatable bonds is 6. The lowest BCUT2D eigenvalue weighted by Gasteiger charge is -2.38. The van der Waals surface area contributed by atoms with Crippen LogP contribution in [0.2, 0.25) is 0 Å². The van der Waals surface area contributed by atoms with E-state index in [0.29, 0.717) is 17.5 Å². The molecule has 1 unspecified atom stereocenters. The summed E-state index contributed by atoms with van der Waals surface area (Å²) in [5, 5.41) is 11.8. The maximum atomic E-state index is 13.5. The summed E-state index contributed by atoms with van der Waals surface area (Å²) >= 11 is 0. The molecule has 0 spiro atoms. The van der Waals surface area contributed by atoms with E-state index in [0.717, 1.165) is 32.5 Å². The topological polar surface area (TPSA) is 23.5 Å². The molecule has 4 heteroatoms. The first-order valence-electron chi connectivity index (χ1n) is 10.5. The van der Waals surface area contributed by atoms with E-state index in [1.165, 1.54) is 29.8 Å². The van der Waals surface area contributed by atoms with Gasteiger partial charge in [-0.3, -0.25) is 4.90 Å². The molecule has 0 bridgehead atoms. The summed E-state index contributed by atoms with van der Waals surface area (Å²) in [6.07, 6.45) is 2.60. The number of aliphatic hydroxyl groups is 1. The van der Waals surface area contributed by atoms with Gasteiger partial charge < -0.3 is 5.11 Å². The fourth-order valence-electron chi connectivity index (χ4n) is 4.57. The van der Waals surface area contributed by atoms with Gasteiger partial charge in [0.1, 0.15) is 17.2 Å². The highest BCUT2D eigenvalue weighted by atomic mass is 19.1. The summed E-state index contributed by atoms with van der Waals surface area (Å²) in [4.78, 5) is 2.43. The molecule has 30 heavy (non-hydrogen) atoms. The van der Waals surface area contributed by atoms with Gasteiger partial charge in [0.25, 0.3) is 0 Å². The van der Waals surface area contributed by atoms with Crippen molar-refractivity contribution in [3.63, 3.8) is 0 Å². The predicted molar refractivity (Wildman–Crippen MR) is 115 cm³/mol. The van der Waals surface area contributed by atoms with Crippen molar-refractivity contribution in [3.8, 4) is 0 Å². The van der Waals surface area contributed by atoms with Crippen LogP contribution < -0.4 is 0 Å². The molecular formula is C26H27F2NO. The zero-order chi connectivity index (χ0) is 21.0. The summed E-state index contributed by atoms with van der Waals surface area (Å²) in [5.41, 5.74) is 1.26. The second-order valence-electron chi connectivity index (χ2n) is 8.31. The van der Waals surface area contributed by atoms with Gasteiger partial charge in [-0.2, -0.15) is 0 Å². The van der Waals surface area contributed by atoms with E-state index in [1.807, 2.05) is 6.07 Å². The lowest BCUT2D eigenvalue weighted by molar-refractivity contribution is 0.0321. The Morgan fingerprint density at radius 1 is 0.833 bits per heavy atom. The average molecular weight is 408 g/mol. The van der Waals surface area contributed by atoms with E-state index in [1.54, 1.807) is 24.3 Å². The van der Waals surface area contributed by atoms with Gasteiger partial charge in [0, 0.05) is 13.1 Å². The molecule has 3 aromatic rings. The van der Waals surface area contributed by atoms with Crippen molar-refractivity contribution in [2.75, 3.05) is 13.1 Å². The summed E-state index contributed by atoms with van der Waals surface area (Å²) in [6.45, 7) is 2.82. The number of likely N-dealkylation sites (tertiary alicyclic amines) is 1. The van der Waals surface area contributed by atoms with E-state index in [2.05, 4.69) is 29.2 Å². The number of piperidine rings is 1. The number of hydrogen-bond acceptors (Lipinski definition) is 2. The first kappa shape index (κ1) is 20.7. The van der Waals surface area contributed by atoms with Gasteiger partial charge in [0.15, 0.2) is 0 Å². The molecule has 1 N–H and O–H groups in total. The van der Waals surface area contributed by atoms with Crippen molar-refractivity contribution >= 4 is 0 Å². The monoisotopic (exact) mass is 407 g/mol. The third kappa shape index (κ3) is 4.77.